The van der Waals surface area contributed by atoms with Gasteiger partial charge in [0, 0.05) is 12.2 Å². The minimum absolute atomic E-state index is 0.0520. The normalized spacial score (nSPS) is 24.3. The molecule has 1 aliphatic rings. The van der Waals surface area contributed by atoms with Crippen molar-refractivity contribution in [3.63, 3.8) is 0 Å². The van der Waals surface area contributed by atoms with Crippen LogP contribution in [-0.2, 0) is 9.53 Å². The van der Waals surface area contributed by atoms with E-state index in [0.29, 0.717) is 24.1 Å². The highest BCUT2D eigenvalue weighted by Crippen LogP contribution is 2.36. The number of aromatic nitrogens is 1. The lowest BCUT2D eigenvalue weighted by molar-refractivity contribution is -0.148. The largest absolute Gasteiger partial charge is 0.481 e. The van der Waals surface area contributed by atoms with Crippen LogP contribution in [0.3, 0.4) is 0 Å². The summed E-state index contributed by atoms with van der Waals surface area (Å²) in [5.41, 5.74) is 0.874. The van der Waals surface area contributed by atoms with Gasteiger partial charge in [0.05, 0.1) is 19.0 Å². The van der Waals surface area contributed by atoms with Gasteiger partial charge in [0.1, 0.15) is 5.60 Å². The molecule has 2 atom stereocenters. The average Bonchev–Trinajstić information content (AvgIpc) is 2.53. The molecule has 1 heterocycles. The molecule has 1 N–H and O–H groups in total. The second-order valence-corrected chi connectivity index (χ2v) is 6.55. The Balaban J connectivity index is 2.15. The van der Waals surface area contributed by atoms with Crippen LogP contribution in [0.1, 0.15) is 51.5 Å². The van der Waals surface area contributed by atoms with Crippen LogP contribution in [0.4, 0.5) is 5.69 Å². The van der Waals surface area contributed by atoms with E-state index in [1.807, 2.05) is 13.0 Å². The van der Waals surface area contributed by atoms with Crippen molar-refractivity contribution in [3.8, 4) is 5.88 Å². The molecule has 1 aromatic rings. The SMILES string of the molecule is CCCO[C@@]1(C(=O)Nc2cnc(OC)c(C)c2)CCC[C@@H](C)C1. The predicted octanol–water partition coefficient (Wildman–Crippen LogP) is 3.71. The minimum atomic E-state index is -0.707. The number of carbonyl (C=O) groups is 1. The number of hydrogen-bond donors (Lipinski definition) is 1. The fraction of sp³-hybridized carbons (Fsp3) is 0.667. The number of amides is 1. The van der Waals surface area contributed by atoms with Gasteiger partial charge in [-0.3, -0.25) is 4.79 Å². The molecule has 23 heavy (non-hydrogen) atoms. The summed E-state index contributed by atoms with van der Waals surface area (Å²) in [7, 11) is 1.59. The van der Waals surface area contributed by atoms with E-state index in [9.17, 15) is 4.79 Å². The molecule has 1 aliphatic carbocycles. The standard InChI is InChI=1S/C18H28N2O3/c1-5-9-23-18(8-6-7-13(2)11-18)17(21)20-15-10-14(3)16(22-4)19-12-15/h10,12-13H,5-9,11H2,1-4H3,(H,20,21)/t13-,18+/m1/s1. The molecule has 0 spiro atoms. The zero-order valence-corrected chi connectivity index (χ0v) is 14.6. The summed E-state index contributed by atoms with van der Waals surface area (Å²) in [5, 5.41) is 2.99. The van der Waals surface area contributed by atoms with Gasteiger partial charge in [-0.25, -0.2) is 4.98 Å². The minimum Gasteiger partial charge on any atom is -0.481 e. The number of ether oxygens (including phenoxy) is 2. The van der Waals surface area contributed by atoms with Gasteiger partial charge in [0.2, 0.25) is 5.88 Å². The molecule has 128 valence electrons. The number of carbonyl (C=O) groups excluding carboxylic acids is 1. The van der Waals surface area contributed by atoms with E-state index in [0.717, 1.165) is 37.7 Å². The highest BCUT2D eigenvalue weighted by molar-refractivity contribution is 5.97. The molecule has 5 heteroatoms. The van der Waals surface area contributed by atoms with E-state index >= 15 is 0 Å². The monoisotopic (exact) mass is 320 g/mol. The fourth-order valence-corrected chi connectivity index (χ4v) is 3.29. The molecule has 1 fully saturated rings. The van der Waals surface area contributed by atoms with Gasteiger partial charge in [-0.15, -0.1) is 0 Å². The number of pyridine rings is 1. The lowest BCUT2D eigenvalue weighted by Gasteiger charge is -2.38. The maximum atomic E-state index is 12.9. The second kappa shape index (κ2) is 7.77. The summed E-state index contributed by atoms with van der Waals surface area (Å²) >= 11 is 0. The van der Waals surface area contributed by atoms with Crippen molar-refractivity contribution in [2.75, 3.05) is 19.0 Å². The van der Waals surface area contributed by atoms with Gasteiger partial charge >= 0.3 is 0 Å². The first-order valence-electron chi connectivity index (χ1n) is 8.47. The Morgan fingerprint density at radius 1 is 1.52 bits per heavy atom. The second-order valence-electron chi connectivity index (χ2n) is 6.55. The van der Waals surface area contributed by atoms with Gasteiger partial charge in [0.15, 0.2) is 0 Å². The summed E-state index contributed by atoms with van der Waals surface area (Å²) in [4.78, 5) is 17.1. The molecular weight excluding hydrogens is 292 g/mol. The van der Waals surface area contributed by atoms with E-state index < -0.39 is 5.60 Å². The predicted molar refractivity (Wildman–Crippen MR) is 90.8 cm³/mol. The van der Waals surface area contributed by atoms with Crippen LogP contribution in [0.5, 0.6) is 5.88 Å². The summed E-state index contributed by atoms with van der Waals surface area (Å²) in [6.07, 6.45) is 6.29. The van der Waals surface area contributed by atoms with Crippen LogP contribution < -0.4 is 10.1 Å². The van der Waals surface area contributed by atoms with E-state index in [2.05, 4.69) is 24.1 Å². The van der Waals surface area contributed by atoms with Gasteiger partial charge in [-0.2, -0.15) is 0 Å². The molecule has 0 bridgehead atoms. The number of aryl methyl sites for hydroxylation is 1. The Kier molecular flexibility index (Phi) is 5.99. The molecule has 0 unspecified atom stereocenters. The fourth-order valence-electron chi connectivity index (χ4n) is 3.29. The first-order valence-corrected chi connectivity index (χ1v) is 8.47. The molecule has 0 aliphatic heterocycles. The van der Waals surface area contributed by atoms with E-state index in [-0.39, 0.29) is 5.91 Å². The first-order chi connectivity index (χ1) is 11.0. The molecule has 0 radical (unpaired) electrons. The summed E-state index contributed by atoms with van der Waals surface area (Å²) in [6.45, 7) is 6.78. The highest BCUT2D eigenvalue weighted by Gasteiger charge is 2.42. The van der Waals surface area contributed by atoms with Crippen LogP contribution >= 0.6 is 0 Å². The molecule has 0 aromatic carbocycles. The maximum absolute atomic E-state index is 12.9. The van der Waals surface area contributed by atoms with Crippen molar-refractivity contribution >= 4 is 11.6 Å². The number of methoxy groups -OCH3 is 1. The Morgan fingerprint density at radius 2 is 2.30 bits per heavy atom. The van der Waals surface area contributed by atoms with E-state index in [4.69, 9.17) is 9.47 Å². The van der Waals surface area contributed by atoms with Gasteiger partial charge in [-0.1, -0.05) is 20.3 Å². The lowest BCUT2D eigenvalue weighted by atomic mass is 9.78. The number of nitrogens with zero attached hydrogens (tertiary/aromatic N) is 1. The Morgan fingerprint density at radius 3 is 2.91 bits per heavy atom. The first kappa shape index (κ1) is 17.7. The van der Waals surface area contributed by atoms with Crippen molar-refractivity contribution in [2.45, 2.75) is 58.5 Å². The number of rotatable bonds is 6. The molecule has 2 rings (SSSR count). The van der Waals surface area contributed by atoms with Crippen LogP contribution in [0, 0.1) is 12.8 Å². The zero-order chi connectivity index (χ0) is 16.9. The van der Waals surface area contributed by atoms with Crippen molar-refractivity contribution in [3.05, 3.63) is 17.8 Å². The van der Waals surface area contributed by atoms with Crippen molar-refractivity contribution in [1.29, 1.82) is 0 Å². The molecule has 1 saturated carbocycles. The highest BCUT2D eigenvalue weighted by atomic mass is 16.5. The van der Waals surface area contributed by atoms with Crippen LogP contribution in [0.25, 0.3) is 0 Å². The van der Waals surface area contributed by atoms with Crippen molar-refractivity contribution < 1.29 is 14.3 Å². The number of hydrogen-bond acceptors (Lipinski definition) is 4. The summed E-state index contributed by atoms with van der Waals surface area (Å²) < 4.78 is 11.2. The van der Waals surface area contributed by atoms with Gasteiger partial charge < -0.3 is 14.8 Å². The van der Waals surface area contributed by atoms with Crippen molar-refractivity contribution in [1.82, 2.24) is 4.98 Å². The van der Waals surface area contributed by atoms with E-state index in [1.165, 1.54) is 0 Å². The lowest BCUT2D eigenvalue weighted by Crippen LogP contribution is -2.48. The molecule has 0 saturated heterocycles. The van der Waals surface area contributed by atoms with Gasteiger partial charge in [0.25, 0.3) is 5.91 Å². The van der Waals surface area contributed by atoms with Crippen LogP contribution in [0.15, 0.2) is 12.3 Å². The Hall–Kier alpha value is -1.62. The molecule has 1 amide bonds. The molecule has 5 nitrogen and oxygen atoms in total. The smallest absolute Gasteiger partial charge is 0.256 e. The van der Waals surface area contributed by atoms with E-state index in [1.54, 1.807) is 13.3 Å². The summed E-state index contributed by atoms with van der Waals surface area (Å²) in [5.74, 6) is 1.03. The Labute approximate surface area is 138 Å². The third-order valence-corrected chi connectivity index (χ3v) is 4.43. The van der Waals surface area contributed by atoms with Crippen LogP contribution in [0.2, 0.25) is 0 Å². The Bertz CT molecular complexity index is 547. The number of anilines is 1. The third kappa shape index (κ3) is 4.22. The summed E-state index contributed by atoms with van der Waals surface area (Å²) in [6, 6.07) is 1.88. The topological polar surface area (TPSA) is 60.5 Å². The molecular formula is C18H28N2O3. The van der Waals surface area contributed by atoms with Crippen molar-refractivity contribution in [2.24, 2.45) is 5.92 Å². The zero-order valence-electron chi connectivity index (χ0n) is 14.6. The third-order valence-electron chi connectivity index (χ3n) is 4.43. The quantitative estimate of drug-likeness (QED) is 0.868. The number of nitrogens with one attached hydrogen (secondary N) is 1. The average molecular weight is 320 g/mol. The van der Waals surface area contributed by atoms with Crippen LogP contribution in [-0.4, -0.2) is 30.2 Å². The van der Waals surface area contributed by atoms with Gasteiger partial charge in [-0.05, 0) is 44.6 Å². The molecule has 1 aromatic heterocycles. The maximum Gasteiger partial charge on any atom is 0.256 e.